The molecular weight excluding hydrogens is 292 g/mol. The average Bonchev–Trinajstić information content (AvgIpc) is 2.94. The summed E-state index contributed by atoms with van der Waals surface area (Å²) in [7, 11) is 3.79. The fraction of sp³-hybridized carbons (Fsp3) is 0.529. The van der Waals surface area contributed by atoms with Crippen molar-refractivity contribution >= 4 is 5.69 Å². The number of nitrogens with zero attached hydrogens (tertiary/aromatic N) is 4. The Morgan fingerprint density at radius 3 is 2.96 bits per heavy atom. The number of benzene rings is 1. The van der Waals surface area contributed by atoms with E-state index in [0.717, 1.165) is 25.3 Å². The fourth-order valence-corrected chi connectivity index (χ4v) is 3.19. The number of hydrogen-bond acceptors (Lipinski definition) is 6. The van der Waals surface area contributed by atoms with Gasteiger partial charge in [-0.25, -0.2) is 0 Å². The van der Waals surface area contributed by atoms with Crippen LogP contribution >= 0.6 is 0 Å². The second kappa shape index (κ2) is 7.10. The highest BCUT2D eigenvalue weighted by Crippen LogP contribution is 2.27. The van der Waals surface area contributed by atoms with E-state index in [0.29, 0.717) is 25.1 Å². The molecule has 0 N–H and O–H groups in total. The third kappa shape index (κ3) is 3.54. The molecule has 1 aliphatic rings. The van der Waals surface area contributed by atoms with E-state index in [1.807, 2.05) is 0 Å². The van der Waals surface area contributed by atoms with Crippen molar-refractivity contribution in [3.05, 3.63) is 41.5 Å². The van der Waals surface area contributed by atoms with Crippen LogP contribution in [0.3, 0.4) is 0 Å². The topological polar surface area (TPSA) is 54.6 Å². The predicted molar refractivity (Wildman–Crippen MR) is 88.0 cm³/mol. The molecule has 1 aromatic carbocycles. The summed E-state index contributed by atoms with van der Waals surface area (Å²) in [5.41, 5.74) is 2.65. The van der Waals surface area contributed by atoms with Crippen LogP contribution in [0.5, 0.6) is 0 Å². The van der Waals surface area contributed by atoms with Crippen LogP contribution in [0, 0.1) is 0 Å². The highest BCUT2D eigenvalue weighted by Gasteiger charge is 2.26. The molecule has 23 heavy (non-hydrogen) atoms. The first-order valence-corrected chi connectivity index (χ1v) is 8.04. The number of rotatable bonds is 5. The molecule has 124 valence electrons. The van der Waals surface area contributed by atoms with E-state index in [2.05, 4.69) is 58.2 Å². The summed E-state index contributed by atoms with van der Waals surface area (Å²) < 4.78 is 10.3. The average molecular weight is 316 g/mol. The summed E-state index contributed by atoms with van der Waals surface area (Å²) in [5, 5.41) is 4.08. The molecule has 1 atom stereocenters. The molecule has 0 aliphatic carbocycles. The van der Waals surface area contributed by atoms with Crippen LogP contribution in [-0.4, -0.2) is 41.8 Å². The molecule has 2 heterocycles. The molecule has 0 saturated heterocycles. The molecule has 0 saturated carbocycles. The van der Waals surface area contributed by atoms with Crippen LogP contribution in [0.4, 0.5) is 5.69 Å². The first-order valence-electron chi connectivity index (χ1n) is 8.04. The standard InChI is InChI=1S/C17H24N4O2/c1-4-14-10-20(2)15-8-6-5-7-13(15)9-21(14)11-16-18-17(12-22-3)23-19-16/h5-8,14H,4,9-12H2,1-3H3. The Hall–Kier alpha value is -1.92. The van der Waals surface area contributed by atoms with Crippen molar-refractivity contribution in [1.29, 1.82) is 0 Å². The lowest BCUT2D eigenvalue weighted by Crippen LogP contribution is -2.39. The molecule has 1 aliphatic heterocycles. The second-order valence-electron chi connectivity index (χ2n) is 6.01. The van der Waals surface area contributed by atoms with Gasteiger partial charge in [-0.3, -0.25) is 4.90 Å². The van der Waals surface area contributed by atoms with E-state index in [4.69, 9.17) is 9.26 Å². The number of hydrogen-bond donors (Lipinski definition) is 0. The van der Waals surface area contributed by atoms with Crippen LogP contribution in [0.15, 0.2) is 28.8 Å². The van der Waals surface area contributed by atoms with Gasteiger partial charge in [-0.2, -0.15) is 4.98 Å². The summed E-state index contributed by atoms with van der Waals surface area (Å²) in [6, 6.07) is 9.04. The number of fused-ring (bicyclic) bond motifs is 1. The summed E-state index contributed by atoms with van der Waals surface area (Å²) in [6.07, 6.45) is 1.08. The van der Waals surface area contributed by atoms with Crippen molar-refractivity contribution in [3.63, 3.8) is 0 Å². The molecule has 0 amide bonds. The van der Waals surface area contributed by atoms with Gasteiger partial charge in [0.2, 0.25) is 0 Å². The predicted octanol–water partition coefficient (Wildman–Crippen LogP) is 2.45. The van der Waals surface area contributed by atoms with Gasteiger partial charge in [0.1, 0.15) is 6.61 Å². The molecule has 1 aromatic heterocycles. The minimum Gasteiger partial charge on any atom is -0.375 e. The van der Waals surface area contributed by atoms with Crippen molar-refractivity contribution in [2.24, 2.45) is 0 Å². The maximum absolute atomic E-state index is 5.21. The zero-order valence-electron chi connectivity index (χ0n) is 14.0. The van der Waals surface area contributed by atoms with Crippen molar-refractivity contribution < 1.29 is 9.26 Å². The molecule has 6 nitrogen and oxygen atoms in total. The first-order chi connectivity index (χ1) is 11.2. The van der Waals surface area contributed by atoms with Crippen LogP contribution in [0.1, 0.15) is 30.6 Å². The molecular formula is C17H24N4O2. The van der Waals surface area contributed by atoms with Gasteiger partial charge in [0.15, 0.2) is 5.82 Å². The van der Waals surface area contributed by atoms with Gasteiger partial charge in [-0.1, -0.05) is 30.3 Å². The number of methoxy groups -OCH3 is 1. The minimum atomic E-state index is 0.357. The zero-order valence-corrected chi connectivity index (χ0v) is 14.0. The van der Waals surface area contributed by atoms with Crippen molar-refractivity contribution in [2.45, 2.75) is 39.1 Å². The maximum Gasteiger partial charge on any atom is 0.252 e. The summed E-state index contributed by atoms with van der Waals surface area (Å²) in [6.45, 7) is 5.17. The lowest BCUT2D eigenvalue weighted by atomic mass is 10.1. The quantitative estimate of drug-likeness (QED) is 0.844. The lowest BCUT2D eigenvalue weighted by molar-refractivity contribution is 0.151. The Labute approximate surface area is 137 Å². The molecule has 0 bridgehead atoms. The Morgan fingerprint density at radius 1 is 1.35 bits per heavy atom. The smallest absolute Gasteiger partial charge is 0.252 e. The SMILES string of the molecule is CCC1CN(C)c2ccccc2CN1Cc1noc(COC)n1. The molecule has 6 heteroatoms. The Balaban J connectivity index is 1.81. The number of aromatic nitrogens is 2. The van der Waals surface area contributed by atoms with E-state index in [1.165, 1.54) is 11.3 Å². The van der Waals surface area contributed by atoms with Gasteiger partial charge in [-0.15, -0.1) is 0 Å². The molecule has 0 radical (unpaired) electrons. The molecule has 1 unspecified atom stereocenters. The molecule has 0 spiro atoms. The van der Waals surface area contributed by atoms with E-state index in [1.54, 1.807) is 7.11 Å². The van der Waals surface area contributed by atoms with Crippen LogP contribution in [0.2, 0.25) is 0 Å². The first kappa shape index (κ1) is 16.0. The lowest BCUT2D eigenvalue weighted by Gasteiger charge is -2.29. The van der Waals surface area contributed by atoms with E-state index < -0.39 is 0 Å². The third-order valence-corrected chi connectivity index (χ3v) is 4.37. The highest BCUT2D eigenvalue weighted by atomic mass is 16.5. The monoisotopic (exact) mass is 316 g/mol. The zero-order chi connectivity index (χ0) is 16.2. The van der Waals surface area contributed by atoms with Crippen molar-refractivity contribution in [1.82, 2.24) is 15.0 Å². The summed E-state index contributed by atoms with van der Waals surface area (Å²) in [4.78, 5) is 9.19. The largest absolute Gasteiger partial charge is 0.375 e. The Bertz CT molecular complexity index is 643. The van der Waals surface area contributed by atoms with Gasteiger partial charge in [0, 0.05) is 39.0 Å². The van der Waals surface area contributed by atoms with E-state index in [-0.39, 0.29) is 0 Å². The number of anilines is 1. The van der Waals surface area contributed by atoms with Crippen LogP contribution in [0.25, 0.3) is 0 Å². The summed E-state index contributed by atoms with van der Waals surface area (Å²) in [5.74, 6) is 1.25. The number of ether oxygens (including phenoxy) is 1. The Morgan fingerprint density at radius 2 is 2.17 bits per heavy atom. The summed E-state index contributed by atoms with van der Waals surface area (Å²) >= 11 is 0. The van der Waals surface area contributed by atoms with Crippen molar-refractivity contribution in [2.75, 3.05) is 25.6 Å². The van der Waals surface area contributed by atoms with Gasteiger partial charge in [0.25, 0.3) is 5.89 Å². The normalized spacial score (nSPS) is 18.7. The molecule has 2 aromatic rings. The van der Waals surface area contributed by atoms with Gasteiger partial charge in [0.05, 0.1) is 6.54 Å². The van der Waals surface area contributed by atoms with Gasteiger partial charge >= 0.3 is 0 Å². The van der Waals surface area contributed by atoms with Crippen LogP contribution < -0.4 is 4.90 Å². The van der Waals surface area contributed by atoms with Crippen LogP contribution in [-0.2, 0) is 24.4 Å². The Kier molecular flexibility index (Phi) is 4.93. The van der Waals surface area contributed by atoms with Crippen molar-refractivity contribution in [3.8, 4) is 0 Å². The highest BCUT2D eigenvalue weighted by molar-refractivity contribution is 5.54. The number of para-hydroxylation sites is 1. The van der Waals surface area contributed by atoms with E-state index >= 15 is 0 Å². The second-order valence-corrected chi connectivity index (χ2v) is 6.01. The minimum absolute atomic E-state index is 0.357. The third-order valence-electron chi connectivity index (χ3n) is 4.37. The van der Waals surface area contributed by atoms with E-state index in [9.17, 15) is 0 Å². The van der Waals surface area contributed by atoms with Gasteiger partial charge < -0.3 is 14.2 Å². The molecule has 3 rings (SSSR count). The van der Waals surface area contributed by atoms with Gasteiger partial charge in [-0.05, 0) is 18.1 Å². The molecule has 0 fully saturated rings. The number of likely N-dealkylation sites (N-methyl/N-ethyl adjacent to an activating group) is 1. The maximum atomic E-state index is 5.21. The fourth-order valence-electron chi connectivity index (χ4n) is 3.19.